The summed E-state index contributed by atoms with van der Waals surface area (Å²) in [7, 11) is 0. The lowest BCUT2D eigenvalue weighted by atomic mass is 10.1. The van der Waals surface area contributed by atoms with E-state index in [1.165, 1.54) is 0 Å². The highest BCUT2D eigenvalue weighted by molar-refractivity contribution is 6.31. The lowest BCUT2D eigenvalue weighted by Crippen LogP contribution is -2.28. The van der Waals surface area contributed by atoms with Gasteiger partial charge in [0.15, 0.2) is 5.84 Å². The number of benzene rings is 1. The zero-order valence-electron chi connectivity index (χ0n) is 9.52. The molecule has 6 heteroatoms. The minimum absolute atomic E-state index is 0.00909. The maximum Gasteiger partial charge on any atom is 0.170 e. The van der Waals surface area contributed by atoms with E-state index < -0.39 is 0 Å². The predicted molar refractivity (Wildman–Crippen MR) is 67.4 cm³/mol. The van der Waals surface area contributed by atoms with Crippen LogP contribution in [0.1, 0.15) is 18.1 Å². The molecule has 0 fully saturated rings. The fourth-order valence-electron chi connectivity index (χ4n) is 1.26. The van der Waals surface area contributed by atoms with Crippen molar-refractivity contribution in [2.24, 2.45) is 10.9 Å². The summed E-state index contributed by atoms with van der Waals surface area (Å²) in [5.41, 5.74) is 6.91. The van der Waals surface area contributed by atoms with Crippen molar-refractivity contribution in [3.05, 3.63) is 34.3 Å². The molecule has 0 aliphatic heterocycles. The molecule has 17 heavy (non-hydrogen) atoms. The largest absolute Gasteiger partial charge is 0.409 e. The van der Waals surface area contributed by atoms with E-state index in [1.807, 2.05) is 6.92 Å². The summed E-state index contributed by atoms with van der Waals surface area (Å²) in [4.78, 5) is 0. The maximum absolute atomic E-state index is 8.88. The molecule has 0 radical (unpaired) electrons. The molecule has 5 nitrogen and oxygen atoms in total. The van der Waals surface area contributed by atoms with E-state index in [9.17, 15) is 0 Å². The van der Waals surface area contributed by atoms with Gasteiger partial charge in [-0.05, 0) is 18.6 Å². The molecule has 0 heterocycles. The van der Waals surface area contributed by atoms with E-state index in [4.69, 9.17) is 27.6 Å². The summed E-state index contributed by atoms with van der Waals surface area (Å²) in [6.45, 7) is 2.50. The van der Waals surface area contributed by atoms with Gasteiger partial charge < -0.3 is 21.4 Å². The molecular formula is C11H16ClN3O2. The first kappa shape index (κ1) is 13.8. The summed E-state index contributed by atoms with van der Waals surface area (Å²) < 4.78 is 0. The molecule has 0 aromatic heterocycles. The van der Waals surface area contributed by atoms with Crippen LogP contribution in [0.25, 0.3) is 0 Å². The molecule has 0 aliphatic rings. The molecule has 0 amide bonds. The molecule has 0 spiro atoms. The predicted octanol–water partition coefficient (Wildman–Crippen LogP) is 0.905. The average molecular weight is 258 g/mol. The summed E-state index contributed by atoms with van der Waals surface area (Å²) in [6, 6.07) is 5.17. The number of rotatable bonds is 5. The Morgan fingerprint density at radius 2 is 2.29 bits per heavy atom. The van der Waals surface area contributed by atoms with E-state index in [1.54, 1.807) is 18.2 Å². The molecule has 0 saturated carbocycles. The monoisotopic (exact) mass is 257 g/mol. The minimum atomic E-state index is 0.00909. The fraction of sp³-hybridized carbons (Fsp3) is 0.364. The molecule has 0 aliphatic carbocycles. The van der Waals surface area contributed by atoms with Crippen molar-refractivity contribution in [1.82, 2.24) is 5.32 Å². The van der Waals surface area contributed by atoms with Gasteiger partial charge in [-0.3, -0.25) is 0 Å². The summed E-state index contributed by atoms with van der Waals surface area (Å²) >= 11 is 6.06. The highest BCUT2D eigenvalue weighted by Crippen LogP contribution is 2.17. The summed E-state index contributed by atoms with van der Waals surface area (Å²) in [6.07, 6.45) is 0. The Kier molecular flexibility index (Phi) is 5.21. The van der Waals surface area contributed by atoms with Crippen LogP contribution < -0.4 is 11.1 Å². The van der Waals surface area contributed by atoms with E-state index >= 15 is 0 Å². The third-order valence-electron chi connectivity index (χ3n) is 2.37. The first-order valence-electron chi connectivity index (χ1n) is 5.19. The van der Waals surface area contributed by atoms with Crippen LogP contribution in [0, 0.1) is 0 Å². The minimum Gasteiger partial charge on any atom is -0.409 e. The zero-order chi connectivity index (χ0) is 12.8. The van der Waals surface area contributed by atoms with Gasteiger partial charge in [0.25, 0.3) is 0 Å². The van der Waals surface area contributed by atoms with Gasteiger partial charge >= 0.3 is 0 Å². The van der Waals surface area contributed by atoms with Crippen molar-refractivity contribution in [2.75, 3.05) is 6.61 Å². The van der Waals surface area contributed by atoms with Gasteiger partial charge in [-0.15, -0.1) is 0 Å². The molecule has 1 aromatic carbocycles. The van der Waals surface area contributed by atoms with E-state index in [-0.39, 0.29) is 18.5 Å². The second-order valence-electron chi connectivity index (χ2n) is 3.76. The number of hydrogen-bond donors (Lipinski definition) is 4. The number of aliphatic hydroxyl groups is 1. The van der Waals surface area contributed by atoms with Crippen molar-refractivity contribution in [3.8, 4) is 0 Å². The van der Waals surface area contributed by atoms with Gasteiger partial charge in [0.1, 0.15) is 0 Å². The van der Waals surface area contributed by atoms with Crippen LogP contribution in [0.15, 0.2) is 23.4 Å². The Balaban J connectivity index is 2.76. The molecule has 0 saturated heterocycles. The second-order valence-corrected chi connectivity index (χ2v) is 4.16. The molecule has 1 unspecified atom stereocenters. The van der Waals surface area contributed by atoms with Crippen molar-refractivity contribution < 1.29 is 10.3 Å². The van der Waals surface area contributed by atoms with Crippen LogP contribution in [0.2, 0.25) is 5.02 Å². The highest BCUT2D eigenvalue weighted by Gasteiger charge is 2.06. The van der Waals surface area contributed by atoms with Gasteiger partial charge in [-0.1, -0.05) is 28.9 Å². The summed E-state index contributed by atoms with van der Waals surface area (Å²) in [5, 5.41) is 24.0. The number of nitrogens with two attached hydrogens (primary N) is 1. The van der Waals surface area contributed by atoms with Crippen LogP contribution in [0.5, 0.6) is 0 Å². The van der Waals surface area contributed by atoms with Crippen molar-refractivity contribution in [3.63, 3.8) is 0 Å². The van der Waals surface area contributed by atoms with Gasteiger partial charge in [-0.25, -0.2) is 0 Å². The second kappa shape index (κ2) is 6.44. The molecule has 5 N–H and O–H groups in total. The Bertz CT molecular complexity index is 410. The Hall–Kier alpha value is -1.30. The van der Waals surface area contributed by atoms with Crippen LogP contribution in [0.3, 0.4) is 0 Å². The number of oxime groups is 1. The van der Waals surface area contributed by atoms with Gasteiger partial charge in [0.2, 0.25) is 0 Å². The fourth-order valence-corrected chi connectivity index (χ4v) is 1.50. The quantitative estimate of drug-likeness (QED) is 0.273. The molecule has 0 bridgehead atoms. The number of halogens is 1. The summed E-state index contributed by atoms with van der Waals surface area (Å²) in [5.74, 6) is 0.0233. The Morgan fingerprint density at radius 1 is 1.59 bits per heavy atom. The molecule has 1 aromatic rings. The van der Waals surface area contributed by atoms with Crippen LogP contribution in [0.4, 0.5) is 0 Å². The topological polar surface area (TPSA) is 90.9 Å². The van der Waals surface area contributed by atoms with E-state index in [2.05, 4.69) is 10.5 Å². The smallest absolute Gasteiger partial charge is 0.170 e. The SMILES string of the molecule is CC(CO)NCc1ccc(/C(N)=N/O)cc1Cl. The Morgan fingerprint density at radius 3 is 2.82 bits per heavy atom. The average Bonchev–Trinajstić information content (AvgIpc) is 2.35. The maximum atomic E-state index is 8.88. The van der Waals surface area contributed by atoms with Gasteiger partial charge in [0, 0.05) is 23.2 Å². The van der Waals surface area contributed by atoms with E-state index in [0.717, 1.165) is 5.56 Å². The first-order valence-corrected chi connectivity index (χ1v) is 5.56. The number of nitrogens with zero attached hydrogens (tertiary/aromatic N) is 1. The normalized spacial score (nSPS) is 13.7. The zero-order valence-corrected chi connectivity index (χ0v) is 10.3. The standard InChI is InChI=1S/C11H16ClN3O2/c1-7(6-16)14-5-9-3-2-8(4-10(9)12)11(13)15-17/h2-4,7,14,16-17H,5-6H2,1H3,(H2,13,15). The highest BCUT2D eigenvalue weighted by atomic mass is 35.5. The van der Waals surface area contributed by atoms with Crippen molar-refractivity contribution >= 4 is 17.4 Å². The molecule has 1 atom stereocenters. The lowest BCUT2D eigenvalue weighted by molar-refractivity contribution is 0.251. The van der Waals surface area contributed by atoms with Crippen LogP contribution in [-0.4, -0.2) is 28.8 Å². The molecule has 1 rings (SSSR count). The third-order valence-corrected chi connectivity index (χ3v) is 2.72. The van der Waals surface area contributed by atoms with E-state index in [0.29, 0.717) is 17.1 Å². The number of hydrogen-bond acceptors (Lipinski definition) is 4. The number of amidine groups is 1. The van der Waals surface area contributed by atoms with Gasteiger partial charge in [0.05, 0.1) is 6.61 Å². The van der Waals surface area contributed by atoms with Crippen LogP contribution in [-0.2, 0) is 6.54 Å². The molecule has 94 valence electrons. The van der Waals surface area contributed by atoms with Crippen molar-refractivity contribution in [1.29, 1.82) is 0 Å². The lowest BCUT2D eigenvalue weighted by Gasteiger charge is -2.12. The number of aliphatic hydroxyl groups excluding tert-OH is 1. The van der Waals surface area contributed by atoms with Crippen LogP contribution >= 0.6 is 11.6 Å². The molecular weight excluding hydrogens is 242 g/mol. The Labute approximate surface area is 105 Å². The van der Waals surface area contributed by atoms with Gasteiger partial charge in [-0.2, -0.15) is 0 Å². The number of nitrogens with one attached hydrogen (secondary N) is 1. The third kappa shape index (κ3) is 3.89. The van der Waals surface area contributed by atoms with Crippen molar-refractivity contribution in [2.45, 2.75) is 19.5 Å². The first-order chi connectivity index (χ1) is 8.08.